The highest BCUT2D eigenvalue weighted by atomic mass is 16.2. The highest BCUT2D eigenvalue weighted by molar-refractivity contribution is 5.99. The van der Waals surface area contributed by atoms with Gasteiger partial charge in [0.25, 0.3) is 0 Å². The van der Waals surface area contributed by atoms with Crippen molar-refractivity contribution in [2.75, 3.05) is 18.8 Å². The van der Waals surface area contributed by atoms with Gasteiger partial charge in [-0.1, -0.05) is 12.1 Å². The number of nitrogen functional groups attached to an aromatic ring is 1. The van der Waals surface area contributed by atoms with Crippen molar-refractivity contribution in [3.63, 3.8) is 0 Å². The van der Waals surface area contributed by atoms with E-state index in [9.17, 15) is 9.59 Å². The van der Waals surface area contributed by atoms with Gasteiger partial charge in [-0.2, -0.15) is 0 Å². The Balaban J connectivity index is 2.16. The quantitative estimate of drug-likeness (QED) is 0.568. The van der Waals surface area contributed by atoms with Gasteiger partial charge in [-0.15, -0.1) is 0 Å². The lowest BCUT2D eigenvalue weighted by molar-refractivity contribution is -0.137. The molecule has 1 aliphatic heterocycles. The molecule has 0 aromatic heterocycles. The summed E-state index contributed by atoms with van der Waals surface area (Å²) < 4.78 is 0. The number of nitrogens with one attached hydrogen (secondary N) is 1. The molecule has 1 aromatic rings. The number of nitrogens with zero attached hydrogens (tertiary/aromatic N) is 1. The fraction of sp³-hybridized carbons (Fsp3) is 0.333. The number of rotatable bonds is 2. The summed E-state index contributed by atoms with van der Waals surface area (Å²) in [5, 5.41) is 2.28. The second-order valence-electron chi connectivity index (χ2n) is 4.22. The van der Waals surface area contributed by atoms with Gasteiger partial charge >= 0.3 is 0 Å². The van der Waals surface area contributed by atoms with Crippen molar-refractivity contribution < 1.29 is 9.59 Å². The number of hydrogen-bond donors (Lipinski definition) is 2. The average Bonchev–Trinajstić information content (AvgIpc) is 2.26. The van der Waals surface area contributed by atoms with Crippen LogP contribution >= 0.6 is 0 Å². The number of carbonyl (C=O) groups excluding carboxylic acids is 2. The van der Waals surface area contributed by atoms with E-state index in [2.05, 4.69) is 5.32 Å². The highest BCUT2D eigenvalue weighted by Gasteiger charge is 2.26. The van der Waals surface area contributed by atoms with Gasteiger partial charge < -0.3 is 5.73 Å². The van der Waals surface area contributed by atoms with Crippen LogP contribution in [0.4, 0.5) is 5.69 Å². The number of nitrogens with two attached hydrogens (primary N) is 1. The maximum Gasteiger partial charge on any atom is 0.240 e. The van der Waals surface area contributed by atoms with Crippen LogP contribution in [0.1, 0.15) is 18.5 Å². The zero-order valence-electron chi connectivity index (χ0n) is 9.64. The topological polar surface area (TPSA) is 75.4 Å². The molecule has 2 rings (SSSR count). The largest absolute Gasteiger partial charge is 0.399 e. The minimum atomic E-state index is -0.253. The van der Waals surface area contributed by atoms with Crippen molar-refractivity contribution in [1.29, 1.82) is 0 Å². The molecule has 2 amide bonds. The Morgan fingerprint density at radius 2 is 1.94 bits per heavy atom. The molecule has 1 aromatic carbocycles. The van der Waals surface area contributed by atoms with Gasteiger partial charge in [-0.25, -0.2) is 0 Å². The first-order valence-electron chi connectivity index (χ1n) is 5.48. The third-order valence-electron chi connectivity index (χ3n) is 2.91. The summed E-state index contributed by atoms with van der Waals surface area (Å²) in [6.45, 7) is 2.43. The zero-order valence-corrected chi connectivity index (χ0v) is 9.64. The summed E-state index contributed by atoms with van der Waals surface area (Å²) in [6, 6.07) is 7.48. The fourth-order valence-electron chi connectivity index (χ4n) is 1.96. The normalized spacial score (nSPS) is 18.9. The van der Waals surface area contributed by atoms with E-state index < -0.39 is 0 Å². The second kappa shape index (κ2) is 4.55. The van der Waals surface area contributed by atoms with Crippen LogP contribution in [-0.4, -0.2) is 29.8 Å². The van der Waals surface area contributed by atoms with Crippen LogP contribution in [0, 0.1) is 0 Å². The predicted molar refractivity (Wildman–Crippen MR) is 64.0 cm³/mol. The Labute approximate surface area is 99.6 Å². The van der Waals surface area contributed by atoms with Crippen molar-refractivity contribution in [2.45, 2.75) is 13.0 Å². The molecule has 1 aliphatic rings. The van der Waals surface area contributed by atoms with E-state index in [0.717, 1.165) is 5.56 Å². The van der Waals surface area contributed by atoms with Gasteiger partial charge in [-0.05, 0) is 24.6 Å². The summed E-state index contributed by atoms with van der Waals surface area (Å²) in [5.74, 6) is -0.506. The molecule has 5 heteroatoms. The Kier molecular flexibility index (Phi) is 3.10. The van der Waals surface area contributed by atoms with Gasteiger partial charge in [0, 0.05) is 11.7 Å². The predicted octanol–water partition coefficient (Wildman–Crippen LogP) is 0.288. The molecule has 0 aliphatic carbocycles. The SMILES string of the molecule is CC(c1cccc(N)c1)N1CC(=O)NC(=O)C1. The lowest BCUT2D eigenvalue weighted by atomic mass is 10.1. The second-order valence-corrected chi connectivity index (χ2v) is 4.22. The molecule has 3 N–H and O–H groups in total. The lowest BCUT2D eigenvalue weighted by Gasteiger charge is -2.31. The minimum absolute atomic E-state index is 0.00602. The Hall–Kier alpha value is -1.88. The minimum Gasteiger partial charge on any atom is -0.399 e. The van der Waals surface area contributed by atoms with Crippen LogP contribution in [0.25, 0.3) is 0 Å². The van der Waals surface area contributed by atoms with Crippen molar-refractivity contribution in [1.82, 2.24) is 10.2 Å². The molecule has 1 atom stereocenters. The van der Waals surface area contributed by atoms with Crippen LogP contribution in [0.3, 0.4) is 0 Å². The third-order valence-corrected chi connectivity index (χ3v) is 2.91. The molecular weight excluding hydrogens is 218 g/mol. The number of carbonyl (C=O) groups is 2. The van der Waals surface area contributed by atoms with Crippen molar-refractivity contribution in [2.24, 2.45) is 0 Å². The third kappa shape index (κ3) is 2.62. The molecule has 0 bridgehead atoms. The summed E-state index contributed by atoms with van der Waals surface area (Å²) in [7, 11) is 0. The van der Waals surface area contributed by atoms with E-state index in [4.69, 9.17) is 5.73 Å². The maximum atomic E-state index is 11.3. The monoisotopic (exact) mass is 233 g/mol. The molecule has 0 spiro atoms. The molecule has 1 fully saturated rings. The molecule has 1 unspecified atom stereocenters. The number of imide groups is 1. The molecule has 1 heterocycles. The number of anilines is 1. The lowest BCUT2D eigenvalue weighted by Crippen LogP contribution is -2.51. The van der Waals surface area contributed by atoms with Gasteiger partial charge in [0.1, 0.15) is 0 Å². The fourth-order valence-corrected chi connectivity index (χ4v) is 1.96. The van der Waals surface area contributed by atoms with Crippen LogP contribution in [0.2, 0.25) is 0 Å². The van der Waals surface area contributed by atoms with E-state index in [0.29, 0.717) is 5.69 Å². The van der Waals surface area contributed by atoms with E-state index in [1.165, 1.54) is 0 Å². The first-order chi connectivity index (χ1) is 8.06. The van der Waals surface area contributed by atoms with Crippen molar-refractivity contribution in [3.05, 3.63) is 29.8 Å². The first kappa shape index (κ1) is 11.6. The van der Waals surface area contributed by atoms with E-state index in [1.807, 2.05) is 36.1 Å². The van der Waals surface area contributed by atoms with Gasteiger partial charge in [0.05, 0.1) is 13.1 Å². The van der Waals surface area contributed by atoms with Crippen molar-refractivity contribution in [3.8, 4) is 0 Å². The van der Waals surface area contributed by atoms with Crippen LogP contribution < -0.4 is 11.1 Å². The Morgan fingerprint density at radius 1 is 1.29 bits per heavy atom. The Morgan fingerprint density at radius 3 is 2.53 bits per heavy atom. The molecule has 0 radical (unpaired) electrons. The van der Waals surface area contributed by atoms with Gasteiger partial charge in [0.2, 0.25) is 11.8 Å². The molecule has 1 saturated heterocycles. The smallest absolute Gasteiger partial charge is 0.240 e. The summed E-state index contributed by atoms with van der Waals surface area (Å²) in [5.41, 5.74) is 7.41. The molecule has 5 nitrogen and oxygen atoms in total. The van der Waals surface area contributed by atoms with Crippen LogP contribution in [0.5, 0.6) is 0 Å². The standard InChI is InChI=1S/C12H15N3O2/c1-8(9-3-2-4-10(13)5-9)15-6-11(16)14-12(17)7-15/h2-5,8H,6-7,13H2,1H3,(H,14,16,17). The summed E-state index contributed by atoms with van der Waals surface area (Å²) in [6.07, 6.45) is 0. The van der Waals surface area contributed by atoms with Gasteiger partial charge in [-0.3, -0.25) is 19.8 Å². The van der Waals surface area contributed by atoms with Crippen LogP contribution in [-0.2, 0) is 9.59 Å². The van der Waals surface area contributed by atoms with E-state index in [-0.39, 0.29) is 30.9 Å². The zero-order chi connectivity index (χ0) is 12.4. The van der Waals surface area contributed by atoms with E-state index >= 15 is 0 Å². The molecule has 0 saturated carbocycles. The Bertz CT molecular complexity index is 443. The maximum absolute atomic E-state index is 11.3. The summed E-state index contributed by atoms with van der Waals surface area (Å²) in [4.78, 5) is 24.4. The number of amides is 2. The van der Waals surface area contributed by atoms with Gasteiger partial charge in [0.15, 0.2) is 0 Å². The molecule has 17 heavy (non-hydrogen) atoms. The highest BCUT2D eigenvalue weighted by Crippen LogP contribution is 2.22. The molecule has 90 valence electrons. The van der Waals surface area contributed by atoms with Crippen LogP contribution in [0.15, 0.2) is 24.3 Å². The number of hydrogen-bond acceptors (Lipinski definition) is 4. The average molecular weight is 233 g/mol. The first-order valence-corrected chi connectivity index (χ1v) is 5.48. The summed E-state index contributed by atoms with van der Waals surface area (Å²) >= 11 is 0. The number of piperazine rings is 1. The van der Waals surface area contributed by atoms with Crippen molar-refractivity contribution >= 4 is 17.5 Å². The number of benzene rings is 1. The molecular formula is C12H15N3O2. The van der Waals surface area contributed by atoms with E-state index in [1.54, 1.807) is 0 Å².